The lowest BCUT2D eigenvalue weighted by Gasteiger charge is -2.49. The van der Waals surface area contributed by atoms with Crippen molar-refractivity contribution in [1.82, 2.24) is 14.9 Å². The quantitative estimate of drug-likeness (QED) is 0.929. The van der Waals surface area contributed by atoms with E-state index in [1.165, 1.54) is 25.9 Å². The van der Waals surface area contributed by atoms with Gasteiger partial charge in [-0.2, -0.15) is 0 Å². The van der Waals surface area contributed by atoms with E-state index < -0.39 is 0 Å². The molecular weight excluding hydrogens is 316 g/mol. The minimum Gasteiger partial charge on any atom is -0.454 e. The molecule has 3 fully saturated rings. The van der Waals surface area contributed by atoms with Gasteiger partial charge in [-0.1, -0.05) is 6.07 Å². The average molecular weight is 338 g/mol. The van der Waals surface area contributed by atoms with Crippen LogP contribution in [0.5, 0.6) is 11.5 Å². The molecule has 2 bridgehead atoms. The Hall–Kier alpha value is -2.34. The van der Waals surface area contributed by atoms with Crippen molar-refractivity contribution in [2.24, 2.45) is 5.92 Å². The Labute approximate surface area is 147 Å². The van der Waals surface area contributed by atoms with Gasteiger partial charge in [0.25, 0.3) is 0 Å². The lowest BCUT2D eigenvalue weighted by atomic mass is 9.79. The van der Waals surface area contributed by atoms with Crippen molar-refractivity contribution < 1.29 is 9.47 Å². The third kappa shape index (κ3) is 2.61. The van der Waals surface area contributed by atoms with Gasteiger partial charge in [-0.3, -0.25) is 4.90 Å². The Morgan fingerprint density at radius 2 is 1.80 bits per heavy atom. The molecule has 6 nitrogen and oxygen atoms in total. The van der Waals surface area contributed by atoms with Gasteiger partial charge in [0.1, 0.15) is 0 Å². The summed E-state index contributed by atoms with van der Waals surface area (Å²) in [6, 6.07) is 6.90. The predicted molar refractivity (Wildman–Crippen MR) is 94.8 cm³/mol. The SMILES string of the molecule is C[C@@H]1[C@H](Nc2ncc(-c3ccc4c(c3)OCO4)cn2)C2CCN1CC2. The van der Waals surface area contributed by atoms with Gasteiger partial charge in [-0.15, -0.1) is 0 Å². The number of nitrogens with one attached hydrogen (secondary N) is 1. The third-order valence-corrected chi connectivity index (χ3v) is 5.83. The summed E-state index contributed by atoms with van der Waals surface area (Å²) in [5, 5.41) is 3.57. The van der Waals surface area contributed by atoms with Crippen LogP contribution in [0.2, 0.25) is 0 Å². The first-order valence-corrected chi connectivity index (χ1v) is 9.00. The van der Waals surface area contributed by atoms with Gasteiger partial charge in [0, 0.05) is 30.0 Å². The molecule has 1 aromatic carbocycles. The second-order valence-electron chi connectivity index (χ2n) is 7.15. The molecular formula is C19H22N4O2. The van der Waals surface area contributed by atoms with E-state index in [1.807, 2.05) is 30.6 Å². The first kappa shape index (κ1) is 15.0. The van der Waals surface area contributed by atoms with Crippen LogP contribution in [-0.2, 0) is 0 Å². The van der Waals surface area contributed by atoms with Crippen molar-refractivity contribution in [3.8, 4) is 22.6 Å². The van der Waals surface area contributed by atoms with Gasteiger partial charge in [-0.25, -0.2) is 9.97 Å². The normalized spacial score (nSPS) is 29.6. The Balaban J connectivity index is 1.33. The summed E-state index contributed by atoms with van der Waals surface area (Å²) < 4.78 is 10.8. The van der Waals surface area contributed by atoms with Crippen LogP contribution in [0.4, 0.5) is 5.95 Å². The molecule has 1 N–H and O–H groups in total. The molecule has 0 amide bonds. The van der Waals surface area contributed by atoms with Crippen LogP contribution in [-0.4, -0.2) is 46.8 Å². The van der Waals surface area contributed by atoms with E-state index >= 15 is 0 Å². The molecule has 0 spiro atoms. The summed E-state index contributed by atoms with van der Waals surface area (Å²) in [4.78, 5) is 11.7. The van der Waals surface area contributed by atoms with Crippen molar-refractivity contribution in [3.63, 3.8) is 0 Å². The van der Waals surface area contributed by atoms with E-state index in [4.69, 9.17) is 9.47 Å². The third-order valence-electron chi connectivity index (χ3n) is 5.83. The van der Waals surface area contributed by atoms with Crippen LogP contribution in [0.15, 0.2) is 30.6 Å². The average Bonchev–Trinajstić information content (AvgIpc) is 3.13. The Morgan fingerprint density at radius 1 is 1.04 bits per heavy atom. The number of anilines is 1. The molecule has 4 aliphatic rings. The molecule has 2 atom stereocenters. The first-order valence-electron chi connectivity index (χ1n) is 9.00. The summed E-state index contributed by atoms with van der Waals surface area (Å²) in [5.41, 5.74) is 2.01. The molecule has 0 saturated carbocycles. The molecule has 6 rings (SSSR count). The van der Waals surface area contributed by atoms with Crippen LogP contribution in [0.1, 0.15) is 19.8 Å². The minimum absolute atomic E-state index is 0.288. The zero-order valence-corrected chi connectivity index (χ0v) is 14.3. The molecule has 0 radical (unpaired) electrons. The van der Waals surface area contributed by atoms with Crippen LogP contribution >= 0.6 is 0 Å². The van der Waals surface area contributed by atoms with E-state index in [-0.39, 0.29) is 6.79 Å². The van der Waals surface area contributed by atoms with Crippen LogP contribution in [0, 0.1) is 5.92 Å². The second kappa shape index (κ2) is 5.88. The molecule has 5 heterocycles. The molecule has 0 unspecified atom stereocenters. The topological polar surface area (TPSA) is 59.5 Å². The second-order valence-corrected chi connectivity index (χ2v) is 7.15. The fourth-order valence-electron chi connectivity index (χ4n) is 4.32. The Morgan fingerprint density at radius 3 is 2.56 bits per heavy atom. The number of nitrogens with zero attached hydrogens (tertiary/aromatic N) is 3. The summed E-state index contributed by atoms with van der Waals surface area (Å²) >= 11 is 0. The monoisotopic (exact) mass is 338 g/mol. The lowest BCUT2D eigenvalue weighted by molar-refractivity contribution is 0.0455. The maximum atomic E-state index is 5.44. The van der Waals surface area contributed by atoms with Gasteiger partial charge in [-0.05, 0) is 56.5 Å². The molecule has 4 aliphatic heterocycles. The van der Waals surface area contributed by atoms with Crippen LogP contribution in [0.3, 0.4) is 0 Å². The van der Waals surface area contributed by atoms with Crippen molar-refractivity contribution >= 4 is 5.95 Å². The van der Waals surface area contributed by atoms with Gasteiger partial charge in [0.2, 0.25) is 12.7 Å². The standard InChI is InChI=1S/C19H22N4O2/c1-12-18(13-4-6-23(12)7-5-13)22-19-20-9-15(10-21-19)14-2-3-16-17(8-14)25-11-24-16/h2-3,8-10,12-13,18H,4-7,11H2,1H3,(H,20,21,22)/t12-,18+/m1/s1. The van der Waals surface area contributed by atoms with Crippen molar-refractivity contribution in [1.29, 1.82) is 0 Å². The largest absolute Gasteiger partial charge is 0.454 e. The smallest absolute Gasteiger partial charge is 0.231 e. The predicted octanol–water partition coefficient (Wildman–Crippen LogP) is 2.77. The lowest BCUT2D eigenvalue weighted by Crippen LogP contribution is -2.59. The highest BCUT2D eigenvalue weighted by atomic mass is 16.7. The van der Waals surface area contributed by atoms with Gasteiger partial charge in [0.15, 0.2) is 11.5 Å². The summed E-state index contributed by atoms with van der Waals surface area (Å²) in [7, 11) is 0. The zero-order valence-electron chi connectivity index (χ0n) is 14.3. The number of benzene rings is 1. The summed E-state index contributed by atoms with van der Waals surface area (Å²) in [6.07, 6.45) is 6.30. The fraction of sp³-hybridized carbons (Fsp3) is 0.474. The Bertz CT molecular complexity index is 769. The fourth-order valence-corrected chi connectivity index (χ4v) is 4.32. The minimum atomic E-state index is 0.288. The molecule has 130 valence electrons. The van der Waals surface area contributed by atoms with E-state index in [0.29, 0.717) is 12.1 Å². The first-order chi connectivity index (χ1) is 12.3. The number of hydrogen-bond donors (Lipinski definition) is 1. The molecule has 3 saturated heterocycles. The van der Waals surface area contributed by atoms with Crippen LogP contribution < -0.4 is 14.8 Å². The maximum Gasteiger partial charge on any atom is 0.231 e. The van der Waals surface area contributed by atoms with E-state index in [9.17, 15) is 0 Å². The highest BCUT2D eigenvalue weighted by Gasteiger charge is 2.39. The van der Waals surface area contributed by atoms with Crippen molar-refractivity contribution in [3.05, 3.63) is 30.6 Å². The molecule has 0 aliphatic carbocycles. The van der Waals surface area contributed by atoms with Gasteiger partial charge < -0.3 is 14.8 Å². The molecule has 2 aromatic rings. The van der Waals surface area contributed by atoms with Gasteiger partial charge in [0.05, 0.1) is 0 Å². The number of fused-ring (bicyclic) bond motifs is 4. The molecule has 6 heteroatoms. The zero-order chi connectivity index (χ0) is 16.8. The van der Waals surface area contributed by atoms with E-state index in [0.717, 1.165) is 34.5 Å². The molecule has 25 heavy (non-hydrogen) atoms. The van der Waals surface area contributed by atoms with Gasteiger partial charge >= 0.3 is 0 Å². The summed E-state index contributed by atoms with van der Waals surface area (Å²) in [6.45, 7) is 5.06. The van der Waals surface area contributed by atoms with Crippen molar-refractivity contribution in [2.45, 2.75) is 31.8 Å². The summed E-state index contributed by atoms with van der Waals surface area (Å²) in [5.74, 6) is 3.02. The van der Waals surface area contributed by atoms with E-state index in [2.05, 4.69) is 27.1 Å². The Kier molecular flexibility index (Phi) is 3.52. The van der Waals surface area contributed by atoms with Crippen LogP contribution in [0.25, 0.3) is 11.1 Å². The number of hydrogen-bond acceptors (Lipinski definition) is 6. The number of piperidine rings is 3. The molecule has 1 aromatic heterocycles. The maximum absolute atomic E-state index is 5.44. The number of ether oxygens (including phenoxy) is 2. The van der Waals surface area contributed by atoms with E-state index in [1.54, 1.807) is 0 Å². The number of rotatable bonds is 3. The van der Waals surface area contributed by atoms with Crippen molar-refractivity contribution in [2.75, 3.05) is 25.2 Å². The highest BCUT2D eigenvalue weighted by molar-refractivity contribution is 5.66. The number of aromatic nitrogens is 2. The highest BCUT2D eigenvalue weighted by Crippen LogP contribution is 2.36.